The van der Waals surface area contributed by atoms with Crippen LogP contribution in [0.4, 0.5) is 5.69 Å². The second kappa shape index (κ2) is 14.5. The molecule has 0 aliphatic rings. The molecule has 6 nitrogen and oxygen atoms in total. The van der Waals surface area contributed by atoms with Gasteiger partial charge in [-0.15, -0.1) is 0 Å². The van der Waals surface area contributed by atoms with Crippen LogP contribution in [0.15, 0.2) is 77.3 Å². The Morgan fingerprint density at radius 1 is 0.919 bits per heavy atom. The largest absolute Gasteiger partial charge is 0.492 e. The molecule has 194 valence electrons. The Kier molecular flexibility index (Phi) is 11.1. The molecule has 1 atom stereocenters. The third-order valence-electron chi connectivity index (χ3n) is 5.71. The average Bonchev–Trinajstić information content (AvgIpc) is 2.89. The highest BCUT2D eigenvalue weighted by atomic mass is 79.9. The zero-order chi connectivity index (χ0) is 26.6. The Morgan fingerprint density at radius 3 is 2.41 bits per heavy atom. The van der Waals surface area contributed by atoms with Crippen molar-refractivity contribution in [1.29, 1.82) is 0 Å². The molecule has 3 aromatic rings. The third-order valence-corrected chi connectivity index (χ3v) is 6.53. The normalized spacial score (nSPS) is 11.3. The van der Waals surface area contributed by atoms with E-state index in [2.05, 4.69) is 38.8 Å². The highest BCUT2D eigenvalue weighted by Crippen LogP contribution is 2.26. The minimum absolute atomic E-state index is 0.132. The molecule has 0 saturated heterocycles. The van der Waals surface area contributed by atoms with Crippen LogP contribution in [0.5, 0.6) is 5.75 Å². The van der Waals surface area contributed by atoms with E-state index in [1.54, 1.807) is 42.5 Å². The summed E-state index contributed by atoms with van der Waals surface area (Å²) in [4.78, 5) is 25.5. The number of carbonyl (C=O) groups is 2. The summed E-state index contributed by atoms with van der Waals surface area (Å²) in [6.45, 7) is 4.75. The van der Waals surface area contributed by atoms with Gasteiger partial charge >= 0.3 is 0 Å². The molecular weight excluding hydrogens is 550 g/mol. The van der Waals surface area contributed by atoms with E-state index in [1.807, 2.05) is 37.3 Å². The van der Waals surface area contributed by atoms with Crippen molar-refractivity contribution in [2.75, 3.05) is 11.9 Å². The molecule has 0 heterocycles. The smallest absolute Gasteiger partial charge is 0.257 e. The van der Waals surface area contributed by atoms with Crippen molar-refractivity contribution >= 4 is 50.8 Å². The van der Waals surface area contributed by atoms with Gasteiger partial charge < -0.3 is 15.4 Å². The first-order chi connectivity index (χ1) is 17.9. The molecule has 0 radical (unpaired) electrons. The SMILES string of the molecule is CCCCCCOc1ccc(C(=O)NC(=S)Nc2cccc(C(=O)NC(C)c3ccccc3)c2)cc1Br. The Bertz CT molecular complexity index is 1220. The lowest BCUT2D eigenvalue weighted by atomic mass is 10.1. The summed E-state index contributed by atoms with van der Waals surface area (Å²) >= 11 is 8.81. The minimum Gasteiger partial charge on any atom is -0.492 e. The van der Waals surface area contributed by atoms with Crippen LogP contribution in [0, 0.1) is 0 Å². The zero-order valence-corrected chi connectivity index (χ0v) is 23.5. The number of thiocarbonyl (C=S) groups is 1. The molecule has 2 amide bonds. The Balaban J connectivity index is 1.53. The van der Waals surface area contributed by atoms with Crippen LogP contribution in [-0.2, 0) is 0 Å². The number of anilines is 1. The summed E-state index contributed by atoms with van der Waals surface area (Å²) in [7, 11) is 0. The number of benzene rings is 3. The van der Waals surface area contributed by atoms with E-state index in [0.717, 1.165) is 18.4 Å². The van der Waals surface area contributed by atoms with E-state index >= 15 is 0 Å². The predicted molar refractivity (Wildman–Crippen MR) is 156 cm³/mol. The lowest BCUT2D eigenvalue weighted by Crippen LogP contribution is -2.34. The van der Waals surface area contributed by atoms with Crippen LogP contribution in [-0.4, -0.2) is 23.5 Å². The fourth-order valence-corrected chi connectivity index (χ4v) is 4.35. The van der Waals surface area contributed by atoms with Crippen LogP contribution in [0.1, 0.15) is 71.9 Å². The molecule has 0 saturated carbocycles. The average molecular weight is 583 g/mol. The van der Waals surface area contributed by atoms with E-state index in [9.17, 15) is 9.59 Å². The van der Waals surface area contributed by atoms with E-state index < -0.39 is 0 Å². The number of unbranched alkanes of at least 4 members (excludes halogenated alkanes) is 3. The molecule has 3 aromatic carbocycles. The number of carbonyl (C=O) groups excluding carboxylic acids is 2. The van der Waals surface area contributed by atoms with E-state index in [1.165, 1.54) is 12.8 Å². The second-order valence-corrected chi connectivity index (χ2v) is 9.91. The van der Waals surface area contributed by atoms with Gasteiger partial charge in [0.25, 0.3) is 11.8 Å². The molecule has 0 aliphatic heterocycles. The highest BCUT2D eigenvalue weighted by Gasteiger charge is 2.14. The van der Waals surface area contributed by atoms with Crippen molar-refractivity contribution in [2.24, 2.45) is 0 Å². The Labute approximate surface area is 232 Å². The standard InChI is InChI=1S/C29H32BrN3O3S/c1-3-4-5-9-17-36-26-16-15-23(19-25(26)30)28(35)33-29(37)32-24-14-10-13-22(18-24)27(34)31-20(2)21-11-7-6-8-12-21/h6-8,10-16,18-20H,3-5,9,17H2,1-2H3,(H,31,34)(H2,32,33,35,37). The molecular formula is C29H32BrN3O3S. The number of nitrogens with one attached hydrogen (secondary N) is 3. The van der Waals surface area contributed by atoms with Gasteiger partial charge in [0.15, 0.2) is 5.11 Å². The molecule has 0 aromatic heterocycles. The number of hydrogen-bond acceptors (Lipinski definition) is 4. The van der Waals surface area contributed by atoms with Gasteiger partial charge in [-0.2, -0.15) is 0 Å². The van der Waals surface area contributed by atoms with Crippen molar-refractivity contribution in [2.45, 2.75) is 45.6 Å². The van der Waals surface area contributed by atoms with Gasteiger partial charge in [0.2, 0.25) is 0 Å². The van der Waals surface area contributed by atoms with Crippen molar-refractivity contribution in [3.63, 3.8) is 0 Å². The minimum atomic E-state index is -0.349. The third kappa shape index (κ3) is 8.98. The van der Waals surface area contributed by atoms with Gasteiger partial charge in [-0.05, 0) is 83.5 Å². The molecule has 1 unspecified atom stereocenters. The monoisotopic (exact) mass is 581 g/mol. The summed E-state index contributed by atoms with van der Waals surface area (Å²) in [5.74, 6) is 0.149. The van der Waals surface area contributed by atoms with Crippen LogP contribution in [0.2, 0.25) is 0 Å². The van der Waals surface area contributed by atoms with Crippen LogP contribution in [0.25, 0.3) is 0 Å². The fraction of sp³-hybridized carbons (Fsp3) is 0.276. The second-order valence-electron chi connectivity index (χ2n) is 8.65. The van der Waals surface area contributed by atoms with Gasteiger partial charge in [-0.1, -0.05) is 62.6 Å². The number of rotatable bonds is 11. The zero-order valence-electron chi connectivity index (χ0n) is 21.1. The molecule has 3 N–H and O–H groups in total. The van der Waals surface area contributed by atoms with Gasteiger partial charge in [-0.3, -0.25) is 14.9 Å². The highest BCUT2D eigenvalue weighted by molar-refractivity contribution is 9.10. The maximum Gasteiger partial charge on any atom is 0.257 e. The van der Waals surface area contributed by atoms with Gasteiger partial charge in [0.1, 0.15) is 5.75 Å². The lowest BCUT2D eigenvalue weighted by Gasteiger charge is -2.15. The van der Waals surface area contributed by atoms with Crippen molar-refractivity contribution < 1.29 is 14.3 Å². The fourth-order valence-electron chi connectivity index (χ4n) is 3.65. The van der Waals surface area contributed by atoms with Crippen LogP contribution in [0.3, 0.4) is 0 Å². The summed E-state index contributed by atoms with van der Waals surface area (Å²) in [5.41, 5.74) is 2.54. The number of amides is 2. The lowest BCUT2D eigenvalue weighted by molar-refractivity contribution is 0.0938. The van der Waals surface area contributed by atoms with Crippen molar-refractivity contribution in [3.8, 4) is 5.75 Å². The molecule has 8 heteroatoms. The first-order valence-corrected chi connectivity index (χ1v) is 13.6. The first kappa shape index (κ1) is 28.3. The van der Waals surface area contributed by atoms with E-state index in [0.29, 0.717) is 33.6 Å². The number of halogens is 1. The molecule has 0 aliphatic carbocycles. The Hall–Kier alpha value is -3.23. The van der Waals surface area contributed by atoms with Gasteiger partial charge in [-0.25, -0.2) is 0 Å². The quantitative estimate of drug-likeness (QED) is 0.167. The first-order valence-electron chi connectivity index (χ1n) is 12.4. The maximum atomic E-state index is 12.7. The summed E-state index contributed by atoms with van der Waals surface area (Å²) in [5, 5.41) is 8.78. The molecule has 0 bridgehead atoms. The molecule has 37 heavy (non-hydrogen) atoms. The Morgan fingerprint density at radius 2 is 1.68 bits per heavy atom. The van der Waals surface area contributed by atoms with E-state index in [4.69, 9.17) is 17.0 Å². The summed E-state index contributed by atoms with van der Waals surface area (Å²) < 4.78 is 6.51. The van der Waals surface area contributed by atoms with Gasteiger partial charge in [0, 0.05) is 16.8 Å². The number of hydrogen-bond donors (Lipinski definition) is 3. The number of ether oxygens (including phenoxy) is 1. The topological polar surface area (TPSA) is 79.5 Å². The summed E-state index contributed by atoms with van der Waals surface area (Å²) in [6, 6.07) is 21.7. The van der Waals surface area contributed by atoms with Crippen molar-refractivity contribution in [1.82, 2.24) is 10.6 Å². The predicted octanol–water partition coefficient (Wildman–Crippen LogP) is 7.03. The van der Waals surface area contributed by atoms with E-state index in [-0.39, 0.29) is 23.0 Å². The molecule has 0 fully saturated rings. The molecule has 3 rings (SSSR count). The summed E-state index contributed by atoms with van der Waals surface area (Å²) in [6.07, 6.45) is 4.51. The van der Waals surface area contributed by atoms with Crippen LogP contribution < -0.4 is 20.7 Å². The maximum absolute atomic E-state index is 12.7. The van der Waals surface area contributed by atoms with Crippen LogP contribution >= 0.6 is 28.1 Å². The van der Waals surface area contributed by atoms with Crippen molar-refractivity contribution in [3.05, 3.63) is 94.0 Å². The van der Waals surface area contributed by atoms with Gasteiger partial charge in [0.05, 0.1) is 17.1 Å². The molecule has 0 spiro atoms.